The summed E-state index contributed by atoms with van der Waals surface area (Å²) >= 11 is 0. The molecule has 0 spiro atoms. The lowest BCUT2D eigenvalue weighted by molar-refractivity contribution is 0.194. The van der Waals surface area contributed by atoms with E-state index in [0.717, 1.165) is 11.4 Å². The van der Waals surface area contributed by atoms with Gasteiger partial charge in [-0.15, -0.1) is 0 Å². The zero-order valence-electron chi connectivity index (χ0n) is 7.78. The third kappa shape index (κ3) is 2.05. The van der Waals surface area contributed by atoms with Crippen LogP contribution in [0.2, 0.25) is 0 Å². The fraction of sp³-hybridized carbons (Fsp3) is 0.500. The highest BCUT2D eigenvalue weighted by molar-refractivity contribution is 5.14. The van der Waals surface area contributed by atoms with Gasteiger partial charge in [-0.05, 0) is 25.0 Å². The Bertz CT molecular complexity index is 233. The average Bonchev–Trinajstić information content (AvgIpc) is 2.04. The predicted octanol–water partition coefficient (Wildman–Crippen LogP) is 2.26. The summed E-state index contributed by atoms with van der Waals surface area (Å²) in [5.74, 6) is 0.420. The first-order valence-electron chi connectivity index (χ1n) is 4.26. The summed E-state index contributed by atoms with van der Waals surface area (Å²) in [5.41, 5.74) is 1.79. The Kier molecular flexibility index (Phi) is 2.82. The second-order valence-electron chi connectivity index (χ2n) is 3.32. The van der Waals surface area contributed by atoms with Gasteiger partial charge in [0.15, 0.2) is 0 Å². The number of nitrogens with zero attached hydrogens (tertiary/aromatic N) is 1. The van der Waals surface area contributed by atoms with E-state index in [9.17, 15) is 5.11 Å². The van der Waals surface area contributed by atoms with E-state index in [1.165, 1.54) is 0 Å². The van der Waals surface area contributed by atoms with E-state index in [1.807, 2.05) is 18.2 Å². The molecule has 1 aromatic rings. The maximum Gasteiger partial charge on any atom is 0.0931 e. The molecule has 0 fully saturated rings. The lowest BCUT2D eigenvalue weighted by Crippen LogP contribution is -1.99. The van der Waals surface area contributed by atoms with Crippen molar-refractivity contribution < 1.29 is 5.11 Å². The molecule has 12 heavy (non-hydrogen) atoms. The third-order valence-corrected chi connectivity index (χ3v) is 1.81. The summed E-state index contributed by atoms with van der Waals surface area (Å²) < 4.78 is 0. The van der Waals surface area contributed by atoms with Gasteiger partial charge < -0.3 is 5.11 Å². The minimum absolute atomic E-state index is 0.420. The van der Waals surface area contributed by atoms with Gasteiger partial charge in [0, 0.05) is 5.69 Å². The Balaban J connectivity index is 2.96. The van der Waals surface area contributed by atoms with Crippen molar-refractivity contribution in [2.45, 2.75) is 32.8 Å². The molecular formula is C10H15NO. The molecule has 1 heterocycles. The first-order chi connectivity index (χ1) is 5.61. The summed E-state index contributed by atoms with van der Waals surface area (Å²) in [7, 11) is 0. The van der Waals surface area contributed by atoms with E-state index < -0.39 is 6.10 Å². The van der Waals surface area contributed by atoms with Gasteiger partial charge in [0.1, 0.15) is 0 Å². The van der Waals surface area contributed by atoms with Crippen molar-refractivity contribution in [1.82, 2.24) is 4.98 Å². The molecule has 0 saturated carbocycles. The number of rotatable bonds is 2. The number of aromatic nitrogens is 1. The molecule has 0 aliphatic rings. The molecule has 1 atom stereocenters. The molecule has 66 valence electrons. The molecule has 0 unspecified atom stereocenters. The van der Waals surface area contributed by atoms with Crippen molar-refractivity contribution >= 4 is 0 Å². The second-order valence-corrected chi connectivity index (χ2v) is 3.32. The van der Waals surface area contributed by atoms with Crippen LogP contribution in [0, 0.1) is 0 Å². The Labute approximate surface area is 73.3 Å². The molecule has 0 aliphatic heterocycles. The lowest BCUT2D eigenvalue weighted by Gasteiger charge is -2.08. The third-order valence-electron chi connectivity index (χ3n) is 1.81. The van der Waals surface area contributed by atoms with Crippen LogP contribution >= 0.6 is 0 Å². The van der Waals surface area contributed by atoms with E-state index in [0.29, 0.717) is 5.92 Å². The average molecular weight is 165 g/mol. The molecule has 0 aromatic carbocycles. The second kappa shape index (κ2) is 3.68. The van der Waals surface area contributed by atoms with Crippen LogP contribution < -0.4 is 0 Å². The first-order valence-corrected chi connectivity index (χ1v) is 4.26. The van der Waals surface area contributed by atoms with Gasteiger partial charge >= 0.3 is 0 Å². The highest BCUT2D eigenvalue weighted by Crippen LogP contribution is 2.14. The van der Waals surface area contributed by atoms with E-state index >= 15 is 0 Å². The van der Waals surface area contributed by atoms with Crippen LogP contribution in [0.3, 0.4) is 0 Å². The molecular weight excluding hydrogens is 150 g/mol. The standard InChI is InChI=1S/C10H15NO/c1-7(2)9-5-4-6-10(11-9)8(3)12/h4-8,12H,1-3H3/t8-/m0/s1. The smallest absolute Gasteiger partial charge is 0.0931 e. The molecule has 2 heteroatoms. The molecule has 2 nitrogen and oxygen atoms in total. The number of aliphatic hydroxyl groups excluding tert-OH is 1. The van der Waals surface area contributed by atoms with E-state index in [2.05, 4.69) is 18.8 Å². The quantitative estimate of drug-likeness (QED) is 0.729. The van der Waals surface area contributed by atoms with E-state index in [4.69, 9.17) is 0 Å². The van der Waals surface area contributed by atoms with Gasteiger partial charge in [0.2, 0.25) is 0 Å². The summed E-state index contributed by atoms with van der Waals surface area (Å²) in [6.07, 6.45) is -0.469. The SMILES string of the molecule is CC(C)c1cccc([C@H](C)O)n1. The lowest BCUT2D eigenvalue weighted by atomic mass is 10.1. The topological polar surface area (TPSA) is 33.1 Å². The maximum atomic E-state index is 9.27. The summed E-state index contributed by atoms with van der Waals surface area (Å²) in [4.78, 5) is 4.32. The molecule has 0 radical (unpaired) electrons. The molecule has 0 aliphatic carbocycles. The van der Waals surface area contributed by atoms with Crippen LogP contribution in [0.25, 0.3) is 0 Å². The Morgan fingerprint density at radius 1 is 1.17 bits per heavy atom. The number of aliphatic hydroxyl groups is 1. The molecule has 1 rings (SSSR count). The minimum atomic E-state index is -0.469. The van der Waals surface area contributed by atoms with E-state index in [-0.39, 0.29) is 0 Å². The largest absolute Gasteiger partial charge is 0.387 e. The van der Waals surface area contributed by atoms with Crippen molar-refractivity contribution in [1.29, 1.82) is 0 Å². The molecule has 1 N–H and O–H groups in total. The van der Waals surface area contributed by atoms with Crippen molar-refractivity contribution in [3.8, 4) is 0 Å². The first kappa shape index (κ1) is 9.20. The van der Waals surface area contributed by atoms with Crippen molar-refractivity contribution in [2.75, 3.05) is 0 Å². The molecule has 0 saturated heterocycles. The summed E-state index contributed by atoms with van der Waals surface area (Å²) in [5, 5.41) is 9.27. The Hall–Kier alpha value is -0.890. The van der Waals surface area contributed by atoms with Crippen LogP contribution in [-0.2, 0) is 0 Å². The van der Waals surface area contributed by atoms with Gasteiger partial charge in [-0.25, -0.2) is 0 Å². The van der Waals surface area contributed by atoms with Crippen LogP contribution in [0.1, 0.15) is 44.2 Å². The highest BCUT2D eigenvalue weighted by Gasteiger charge is 2.05. The van der Waals surface area contributed by atoms with Crippen molar-refractivity contribution in [3.63, 3.8) is 0 Å². The fourth-order valence-electron chi connectivity index (χ4n) is 1.02. The normalized spacial score (nSPS) is 13.4. The van der Waals surface area contributed by atoms with Gasteiger partial charge in [-0.3, -0.25) is 4.98 Å². The van der Waals surface area contributed by atoms with Crippen molar-refractivity contribution in [3.05, 3.63) is 29.6 Å². The summed E-state index contributed by atoms with van der Waals surface area (Å²) in [6, 6.07) is 5.76. The van der Waals surface area contributed by atoms with Gasteiger partial charge in [0.05, 0.1) is 11.8 Å². The van der Waals surface area contributed by atoms with Gasteiger partial charge in [-0.1, -0.05) is 19.9 Å². The highest BCUT2D eigenvalue weighted by atomic mass is 16.3. The number of pyridine rings is 1. The van der Waals surface area contributed by atoms with Gasteiger partial charge in [0.25, 0.3) is 0 Å². The zero-order valence-corrected chi connectivity index (χ0v) is 7.78. The molecule has 1 aromatic heterocycles. The number of hydrogen-bond acceptors (Lipinski definition) is 2. The van der Waals surface area contributed by atoms with Crippen LogP contribution in [0.5, 0.6) is 0 Å². The van der Waals surface area contributed by atoms with Crippen LogP contribution in [-0.4, -0.2) is 10.1 Å². The number of hydrogen-bond donors (Lipinski definition) is 1. The zero-order chi connectivity index (χ0) is 9.14. The van der Waals surface area contributed by atoms with Crippen molar-refractivity contribution in [2.24, 2.45) is 0 Å². The molecule has 0 bridgehead atoms. The van der Waals surface area contributed by atoms with Crippen LogP contribution in [0.15, 0.2) is 18.2 Å². The fourth-order valence-corrected chi connectivity index (χ4v) is 1.02. The maximum absolute atomic E-state index is 9.27. The Morgan fingerprint density at radius 2 is 1.75 bits per heavy atom. The van der Waals surface area contributed by atoms with Crippen LogP contribution in [0.4, 0.5) is 0 Å². The Morgan fingerprint density at radius 3 is 2.25 bits per heavy atom. The molecule has 0 amide bonds. The minimum Gasteiger partial charge on any atom is -0.387 e. The van der Waals surface area contributed by atoms with Gasteiger partial charge in [-0.2, -0.15) is 0 Å². The summed E-state index contributed by atoms with van der Waals surface area (Å²) in [6.45, 7) is 5.91. The van der Waals surface area contributed by atoms with E-state index in [1.54, 1.807) is 6.92 Å². The predicted molar refractivity (Wildman–Crippen MR) is 49.0 cm³/mol. The monoisotopic (exact) mass is 165 g/mol.